The van der Waals surface area contributed by atoms with Crippen molar-refractivity contribution in [1.29, 1.82) is 0 Å². The summed E-state index contributed by atoms with van der Waals surface area (Å²) in [7, 11) is 0. The second-order valence-corrected chi connectivity index (χ2v) is 4.55. The van der Waals surface area contributed by atoms with Crippen LogP contribution in [0.1, 0.15) is 5.69 Å². The minimum atomic E-state index is -5.27. The zero-order chi connectivity index (χ0) is 16.0. The highest BCUT2D eigenvalue weighted by molar-refractivity contribution is 5.73. The number of hydrogen-bond acceptors (Lipinski definition) is 5. The highest BCUT2D eigenvalue weighted by Crippen LogP contribution is 2.36. The van der Waals surface area contributed by atoms with Crippen LogP contribution in [0.3, 0.4) is 0 Å². The van der Waals surface area contributed by atoms with Crippen LogP contribution in [0.4, 0.5) is 13.2 Å². The smallest absolute Gasteiger partial charge is 0.354 e. The maximum atomic E-state index is 12.7. The molecule has 0 radical (unpaired) electrons. The Morgan fingerprint density at radius 1 is 1.00 bits per heavy atom. The molecule has 9 heteroatoms. The van der Waals surface area contributed by atoms with Gasteiger partial charge < -0.3 is 10.2 Å². The molecule has 0 saturated carbocycles. The first kappa shape index (κ1) is 14.4. The maximum Gasteiger partial charge on any atom is 0.449 e. The third-order valence-corrected chi connectivity index (χ3v) is 3.07. The Morgan fingerprint density at radius 2 is 1.77 bits per heavy atom. The summed E-state index contributed by atoms with van der Waals surface area (Å²) in [6.07, 6.45) is -3.65. The van der Waals surface area contributed by atoms with E-state index in [2.05, 4.69) is 15.3 Å². The quantitative estimate of drug-likeness (QED) is 0.701. The van der Waals surface area contributed by atoms with E-state index in [1.165, 1.54) is 16.6 Å². The number of hydrogen-bond donors (Lipinski definition) is 2. The van der Waals surface area contributed by atoms with Crippen molar-refractivity contribution in [3.63, 3.8) is 0 Å². The Morgan fingerprint density at radius 3 is 2.50 bits per heavy atom. The van der Waals surface area contributed by atoms with E-state index in [-0.39, 0.29) is 11.4 Å². The molecule has 3 aromatic rings. The SMILES string of the molecule is OC(O)(c1cccc(-c2nnn3ccccc23)n1)C(F)(F)F. The number of aliphatic hydroxyl groups is 2. The number of nitrogens with zero attached hydrogens (tertiary/aromatic N) is 4. The van der Waals surface area contributed by atoms with Crippen LogP contribution in [0.5, 0.6) is 0 Å². The van der Waals surface area contributed by atoms with Crippen molar-refractivity contribution in [3.8, 4) is 11.4 Å². The average Bonchev–Trinajstić information content (AvgIpc) is 2.90. The zero-order valence-corrected chi connectivity index (χ0v) is 10.9. The molecule has 0 aromatic carbocycles. The summed E-state index contributed by atoms with van der Waals surface area (Å²) in [6, 6.07) is 8.61. The van der Waals surface area contributed by atoms with E-state index in [1.54, 1.807) is 24.4 Å². The molecule has 0 aliphatic carbocycles. The second kappa shape index (κ2) is 4.75. The highest BCUT2D eigenvalue weighted by atomic mass is 19.4. The normalized spacial score (nSPS) is 12.8. The molecular weight excluding hydrogens is 301 g/mol. The van der Waals surface area contributed by atoms with Gasteiger partial charge in [0, 0.05) is 6.20 Å². The van der Waals surface area contributed by atoms with Crippen molar-refractivity contribution in [2.45, 2.75) is 12.0 Å². The Bertz CT molecular complexity index is 829. The van der Waals surface area contributed by atoms with Crippen LogP contribution in [-0.2, 0) is 5.79 Å². The molecule has 6 nitrogen and oxygen atoms in total. The van der Waals surface area contributed by atoms with E-state index >= 15 is 0 Å². The number of rotatable bonds is 2. The van der Waals surface area contributed by atoms with Gasteiger partial charge in [0.25, 0.3) is 0 Å². The fourth-order valence-corrected chi connectivity index (χ4v) is 1.93. The maximum absolute atomic E-state index is 12.7. The standard InChI is InChI=1S/C13H9F3N4O2/c14-13(15,16)12(21,22)10-6-3-4-8(17-10)11-9-5-1-2-7-20(9)19-18-11/h1-7,21-22H. The molecule has 0 atom stereocenters. The Kier molecular flexibility index (Phi) is 3.11. The second-order valence-electron chi connectivity index (χ2n) is 4.55. The predicted octanol–water partition coefficient (Wildman–Crippen LogP) is 1.49. The first-order chi connectivity index (χ1) is 10.3. The molecule has 0 amide bonds. The molecule has 0 bridgehead atoms. The summed E-state index contributed by atoms with van der Waals surface area (Å²) in [5, 5.41) is 26.2. The molecule has 2 N–H and O–H groups in total. The van der Waals surface area contributed by atoms with Gasteiger partial charge in [-0.3, -0.25) is 0 Å². The van der Waals surface area contributed by atoms with E-state index in [0.29, 0.717) is 5.52 Å². The average molecular weight is 310 g/mol. The topological polar surface area (TPSA) is 83.5 Å². The summed E-state index contributed by atoms with van der Waals surface area (Å²) < 4.78 is 39.5. The lowest BCUT2D eigenvalue weighted by Crippen LogP contribution is -2.42. The third-order valence-electron chi connectivity index (χ3n) is 3.07. The fourth-order valence-electron chi connectivity index (χ4n) is 1.93. The van der Waals surface area contributed by atoms with Crippen molar-refractivity contribution in [2.24, 2.45) is 0 Å². The van der Waals surface area contributed by atoms with Gasteiger partial charge in [0.15, 0.2) is 0 Å². The van der Waals surface area contributed by atoms with Crippen LogP contribution in [0.25, 0.3) is 16.9 Å². The lowest BCUT2D eigenvalue weighted by atomic mass is 10.1. The van der Waals surface area contributed by atoms with E-state index in [1.807, 2.05) is 0 Å². The summed E-state index contributed by atoms with van der Waals surface area (Å²) in [5.74, 6) is -4.04. The van der Waals surface area contributed by atoms with Crippen LogP contribution in [0, 0.1) is 0 Å². The van der Waals surface area contributed by atoms with Crippen LogP contribution in [0.15, 0.2) is 42.6 Å². The van der Waals surface area contributed by atoms with Crippen molar-refractivity contribution in [2.75, 3.05) is 0 Å². The van der Waals surface area contributed by atoms with Crippen LogP contribution >= 0.6 is 0 Å². The fraction of sp³-hybridized carbons (Fsp3) is 0.154. The van der Waals surface area contributed by atoms with E-state index in [9.17, 15) is 23.4 Å². The molecular formula is C13H9F3N4O2. The largest absolute Gasteiger partial charge is 0.449 e. The van der Waals surface area contributed by atoms with Gasteiger partial charge in [-0.1, -0.05) is 17.3 Å². The van der Waals surface area contributed by atoms with Gasteiger partial charge in [0.05, 0.1) is 11.2 Å². The Labute approximate surface area is 121 Å². The van der Waals surface area contributed by atoms with Crippen molar-refractivity contribution in [1.82, 2.24) is 19.8 Å². The van der Waals surface area contributed by atoms with Gasteiger partial charge in [-0.2, -0.15) is 13.2 Å². The van der Waals surface area contributed by atoms with E-state index in [0.717, 1.165) is 6.07 Å². The summed E-state index contributed by atoms with van der Waals surface area (Å²) in [6.45, 7) is 0. The highest BCUT2D eigenvalue weighted by Gasteiger charge is 2.55. The number of pyridine rings is 2. The van der Waals surface area contributed by atoms with Gasteiger partial charge >= 0.3 is 12.0 Å². The first-order valence-electron chi connectivity index (χ1n) is 6.10. The molecule has 0 fully saturated rings. The van der Waals surface area contributed by atoms with Gasteiger partial charge in [0.2, 0.25) is 0 Å². The van der Waals surface area contributed by atoms with Crippen LogP contribution < -0.4 is 0 Å². The molecule has 3 rings (SSSR count). The summed E-state index contributed by atoms with van der Waals surface area (Å²) >= 11 is 0. The van der Waals surface area contributed by atoms with Crippen molar-refractivity contribution < 1.29 is 23.4 Å². The first-order valence-corrected chi connectivity index (χ1v) is 6.10. The Hall–Kier alpha value is -2.52. The monoisotopic (exact) mass is 310 g/mol. The lowest BCUT2D eigenvalue weighted by Gasteiger charge is -2.23. The number of alkyl halides is 3. The van der Waals surface area contributed by atoms with Crippen LogP contribution in [0.2, 0.25) is 0 Å². The summed E-state index contributed by atoms with van der Waals surface area (Å²) in [5.41, 5.74) is -0.119. The van der Waals surface area contributed by atoms with Crippen molar-refractivity contribution >= 4 is 5.52 Å². The molecule has 3 heterocycles. The van der Waals surface area contributed by atoms with Crippen molar-refractivity contribution in [3.05, 3.63) is 48.3 Å². The number of halogens is 3. The molecule has 3 aromatic heterocycles. The molecule has 0 spiro atoms. The molecule has 0 aliphatic heterocycles. The van der Waals surface area contributed by atoms with Gasteiger partial charge in [0.1, 0.15) is 11.4 Å². The number of fused-ring (bicyclic) bond motifs is 1. The summed E-state index contributed by atoms with van der Waals surface area (Å²) in [4.78, 5) is 3.67. The van der Waals surface area contributed by atoms with Gasteiger partial charge in [-0.05, 0) is 24.3 Å². The molecule has 0 aliphatic rings. The lowest BCUT2D eigenvalue weighted by molar-refractivity contribution is -0.359. The van der Waals surface area contributed by atoms with Crippen LogP contribution in [-0.4, -0.2) is 36.2 Å². The molecule has 0 saturated heterocycles. The van der Waals surface area contributed by atoms with Gasteiger partial charge in [-0.25, -0.2) is 9.50 Å². The molecule has 22 heavy (non-hydrogen) atoms. The van der Waals surface area contributed by atoms with E-state index < -0.39 is 17.7 Å². The van der Waals surface area contributed by atoms with E-state index in [4.69, 9.17) is 0 Å². The minimum Gasteiger partial charge on any atom is -0.354 e. The third kappa shape index (κ3) is 2.20. The van der Waals surface area contributed by atoms with Gasteiger partial charge in [-0.15, -0.1) is 5.10 Å². The zero-order valence-electron chi connectivity index (χ0n) is 10.9. The predicted molar refractivity (Wildman–Crippen MR) is 68.4 cm³/mol. The molecule has 0 unspecified atom stereocenters. The number of aromatic nitrogens is 4. The minimum absolute atomic E-state index is 0.0513. The Balaban J connectivity index is 2.13. The molecule has 114 valence electrons.